The highest BCUT2D eigenvalue weighted by Crippen LogP contribution is 2.37. The topological polar surface area (TPSA) is 76.2 Å². The fourth-order valence-corrected chi connectivity index (χ4v) is 1.38. The minimum absolute atomic E-state index is 0.401. The zero-order valence-electron chi connectivity index (χ0n) is 8.63. The van der Waals surface area contributed by atoms with Crippen molar-refractivity contribution < 1.29 is 31.9 Å². The summed E-state index contributed by atoms with van der Waals surface area (Å²) in [6, 6.07) is 0.401. The van der Waals surface area contributed by atoms with Crippen LogP contribution in [-0.2, 0) is 17.4 Å². The molecule has 0 saturated carbocycles. The molecule has 1 heterocycles. The molecule has 0 radical (unpaired) electrons. The number of halogens is 5. The van der Waals surface area contributed by atoms with Gasteiger partial charge in [-0.2, -0.15) is 13.2 Å². The molecular weight excluding hydrogens is 263 g/mol. The van der Waals surface area contributed by atoms with Crippen molar-refractivity contribution in [2.75, 3.05) is 5.73 Å². The summed E-state index contributed by atoms with van der Waals surface area (Å²) in [6.45, 7) is 0. The number of hydrogen-bond acceptors (Lipinski definition) is 3. The van der Waals surface area contributed by atoms with Gasteiger partial charge in [-0.1, -0.05) is 0 Å². The van der Waals surface area contributed by atoms with E-state index in [1.54, 1.807) is 0 Å². The number of alkyl halides is 5. The molecule has 0 atom stereocenters. The Labute approximate surface area is 97.2 Å². The number of hydrogen-bond donors (Lipinski definition) is 2. The number of carboxylic acid groups (broad SMARTS) is 1. The molecule has 0 aromatic carbocycles. The van der Waals surface area contributed by atoms with Gasteiger partial charge in [-0.05, 0) is 11.6 Å². The molecule has 1 aromatic heterocycles. The van der Waals surface area contributed by atoms with Gasteiger partial charge in [0.2, 0.25) is 0 Å². The van der Waals surface area contributed by atoms with Gasteiger partial charge >= 0.3 is 12.1 Å². The molecule has 0 aliphatic heterocycles. The van der Waals surface area contributed by atoms with E-state index in [-0.39, 0.29) is 0 Å². The lowest BCUT2D eigenvalue weighted by molar-refractivity contribution is -0.139. The Morgan fingerprint density at radius 2 is 2.00 bits per heavy atom. The highest BCUT2D eigenvalue weighted by molar-refractivity contribution is 5.72. The number of nitrogens with zero attached hydrogens (tertiary/aromatic N) is 1. The molecule has 0 fully saturated rings. The van der Waals surface area contributed by atoms with Crippen LogP contribution in [0.3, 0.4) is 0 Å². The standard InChI is InChI=1S/C9H7F5N2O2/c10-7(11)4-1-3(2-5(17)18)6(8(15)16-4)9(12,13)14/h1,7H,2H2,(H2,15,16)(H,17,18). The average molecular weight is 270 g/mol. The maximum absolute atomic E-state index is 12.6. The number of rotatable bonds is 3. The third-order valence-electron chi connectivity index (χ3n) is 2.00. The quantitative estimate of drug-likeness (QED) is 0.826. The number of anilines is 1. The molecule has 0 aliphatic carbocycles. The van der Waals surface area contributed by atoms with Gasteiger partial charge in [-0.25, -0.2) is 13.8 Å². The molecule has 9 heteroatoms. The fourth-order valence-electron chi connectivity index (χ4n) is 1.38. The highest BCUT2D eigenvalue weighted by Gasteiger charge is 2.37. The Balaban J connectivity index is 3.44. The lowest BCUT2D eigenvalue weighted by Crippen LogP contribution is -2.17. The first-order valence-electron chi connectivity index (χ1n) is 4.49. The summed E-state index contributed by atoms with van der Waals surface area (Å²) < 4.78 is 62.5. The molecule has 0 amide bonds. The van der Waals surface area contributed by atoms with Gasteiger partial charge in [-0.15, -0.1) is 0 Å². The number of nitrogens with two attached hydrogens (primary N) is 1. The third kappa shape index (κ3) is 3.05. The highest BCUT2D eigenvalue weighted by atomic mass is 19.4. The second-order valence-electron chi connectivity index (χ2n) is 3.34. The summed E-state index contributed by atoms with van der Waals surface area (Å²) in [4.78, 5) is 13.3. The van der Waals surface area contributed by atoms with Crippen molar-refractivity contribution in [1.82, 2.24) is 4.98 Å². The molecule has 0 aliphatic rings. The first-order valence-corrected chi connectivity index (χ1v) is 4.49. The van der Waals surface area contributed by atoms with Crippen LogP contribution in [0.15, 0.2) is 6.07 Å². The van der Waals surface area contributed by atoms with Gasteiger partial charge in [0.25, 0.3) is 6.43 Å². The van der Waals surface area contributed by atoms with E-state index < -0.39 is 47.6 Å². The second-order valence-corrected chi connectivity index (χ2v) is 3.34. The van der Waals surface area contributed by atoms with Gasteiger partial charge in [0.05, 0.1) is 6.42 Å². The first-order chi connectivity index (χ1) is 8.12. The van der Waals surface area contributed by atoms with Crippen molar-refractivity contribution in [2.24, 2.45) is 0 Å². The number of nitrogen functional groups attached to an aromatic ring is 1. The van der Waals surface area contributed by atoms with Crippen molar-refractivity contribution >= 4 is 11.8 Å². The van der Waals surface area contributed by atoms with Gasteiger partial charge in [0, 0.05) is 0 Å². The van der Waals surface area contributed by atoms with Crippen LogP contribution < -0.4 is 5.73 Å². The van der Waals surface area contributed by atoms with E-state index in [1.165, 1.54) is 0 Å². The van der Waals surface area contributed by atoms with E-state index in [0.29, 0.717) is 6.07 Å². The normalized spacial score (nSPS) is 11.9. The zero-order chi connectivity index (χ0) is 14.1. The Morgan fingerprint density at radius 1 is 1.44 bits per heavy atom. The predicted octanol–water partition coefficient (Wildman–Crippen LogP) is 2.25. The molecule has 0 bridgehead atoms. The smallest absolute Gasteiger partial charge is 0.420 e. The number of aromatic nitrogens is 1. The lowest BCUT2D eigenvalue weighted by Gasteiger charge is -2.15. The van der Waals surface area contributed by atoms with Crippen LogP contribution in [0.4, 0.5) is 27.8 Å². The Morgan fingerprint density at radius 3 is 2.39 bits per heavy atom. The molecule has 18 heavy (non-hydrogen) atoms. The second kappa shape index (κ2) is 4.75. The largest absolute Gasteiger partial charge is 0.481 e. The molecule has 1 aromatic rings. The van der Waals surface area contributed by atoms with Crippen LogP contribution in [-0.4, -0.2) is 16.1 Å². The van der Waals surface area contributed by atoms with Crippen molar-refractivity contribution in [1.29, 1.82) is 0 Å². The maximum atomic E-state index is 12.6. The van der Waals surface area contributed by atoms with Crippen molar-refractivity contribution in [3.63, 3.8) is 0 Å². The third-order valence-corrected chi connectivity index (χ3v) is 2.00. The van der Waals surface area contributed by atoms with E-state index in [0.717, 1.165) is 0 Å². The molecule has 100 valence electrons. The van der Waals surface area contributed by atoms with Crippen LogP contribution in [0.1, 0.15) is 23.2 Å². The Hall–Kier alpha value is -1.93. The van der Waals surface area contributed by atoms with E-state index in [1.807, 2.05) is 0 Å². The van der Waals surface area contributed by atoms with Crippen molar-refractivity contribution in [3.05, 3.63) is 22.9 Å². The lowest BCUT2D eigenvalue weighted by atomic mass is 10.0. The minimum Gasteiger partial charge on any atom is -0.481 e. The van der Waals surface area contributed by atoms with Crippen molar-refractivity contribution in [3.8, 4) is 0 Å². The summed E-state index contributed by atoms with van der Waals surface area (Å²) in [5.41, 5.74) is 1.65. The molecule has 1 rings (SSSR count). The van der Waals surface area contributed by atoms with Gasteiger partial charge < -0.3 is 10.8 Å². The van der Waals surface area contributed by atoms with E-state index >= 15 is 0 Å². The van der Waals surface area contributed by atoms with E-state index in [2.05, 4.69) is 4.98 Å². The number of carboxylic acids is 1. The minimum atomic E-state index is -4.96. The molecule has 3 N–H and O–H groups in total. The van der Waals surface area contributed by atoms with E-state index in [9.17, 15) is 26.7 Å². The van der Waals surface area contributed by atoms with Crippen LogP contribution in [0.25, 0.3) is 0 Å². The maximum Gasteiger partial charge on any atom is 0.420 e. The van der Waals surface area contributed by atoms with Gasteiger partial charge in [0.15, 0.2) is 0 Å². The van der Waals surface area contributed by atoms with Gasteiger partial charge in [-0.3, -0.25) is 4.79 Å². The van der Waals surface area contributed by atoms with Crippen LogP contribution in [0.5, 0.6) is 0 Å². The molecule has 0 saturated heterocycles. The molecule has 4 nitrogen and oxygen atoms in total. The first kappa shape index (κ1) is 14.1. The SMILES string of the molecule is Nc1nc(C(F)F)cc(CC(=O)O)c1C(F)(F)F. The van der Waals surface area contributed by atoms with Crippen LogP contribution in [0, 0.1) is 0 Å². The van der Waals surface area contributed by atoms with Crippen LogP contribution in [0.2, 0.25) is 0 Å². The predicted molar refractivity (Wildman–Crippen MR) is 49.9 cm³/mol. The molecular formula is C9H7F5N2O2. The fraction of sp³-hybridized carbons (Fsp3) is 0.333. The molecule has 0 unspecified atom stereocenters. The van der Waals surface area contributed by atoms with Crippen LogP contribution >= 0.6 is 0 Å². The zero-order valence-corrected chi connectivity index (χ0v) is 8.63. The number of aliphatic carboxylic acids is 1. The summed E-state index contributed by atoms with van der Waals surface area (Å²) in [5.74, 6) is -2.75. The summed E-state index contributed by atoms with van der Waals surface area (Å²) in [6.07, 6.45) is -9.16. The Kier molecular flexibility index (Phi) is 3.73. The van der Waals surface area contributed by atoms with E-state index in [4.69, 9.17) is 10.8 Å². The summed E-state index contributed by atoms with van der Waals surface area (Å²) in [5, 5.41) is 8.46. The monoisotopic (exact) mass is 270 g/mol. The number of carbonyl (C=O) groups is 1. The Bertz CT molecular complexity index is 473. The summed E-state index contributed by atoms with van der Waals surface area (Å²) in [7, 11) is 0. The van der Waals surface area contributed by atoms with Gasteiger partial charge in [0.1, 0.15) is 17.1 Å². The average Bonchev–Trinajstić information content (AvgIpc) is 2.12. The summed E-state index contributed by atoms with van der Waals surface area (Å²) >= 11 is 0. The number of pyridine rings is 1. The molecule has 0 spiro atoms. The van der Waals surface area contributed by atoms with Crippen molar-refractivity contribution in [2.45, 2.75) is 19.0 Å².